The highest BCUT2D eigenvalue weighted by molar-refractivity contribution is 7.17. The minimum Gasteiger partial charge on any atom is -0.453 e. The lowest BCUT2D eigenvalue weighted by Gasteiger charge is -2.17. The molecular weight excluding hydrogens is 420 g/mol. The van der Waals surface area contributed by atoms with E-state index in [0.717, 1.165) is 10.6 Å². The van der Waals surface area contributed by atoms with Crippen LogP contribution in [0.4, 0.5) is 5.69 Å². The van der Waals surface area contributed by atoms with E-state index in [1.54, 1.807) is 42.5 Å². The van der Waals surface area contributed by atoms with Gasteiger partial charge in [0.1, 0.15) is 9.88 Å². The number of aromatic nitrogens is 1. The molecule has 0 saturated heterocycles. The van der Waals surface area contributed by atoms with Gasteiger partial charge >= 0.3 is 5.97 Å². The first-order valence-electron chi connectivity index (χ1n) is 9.27. The van der Waals surface area contributed by atoms with Gasteiger partial charge in [0.05, 0.1) is 5.69 Å². The fourth-order valence-electron chi connectivity index (χ4n) is 2.43. The highest BCUT2D eigenvalue weighted by atomic mass is 32.1. The van der Waals surface area contributed by atoms with Gasteiger partial charge in [0.25, 0.3) is 0 Å². The quantitative estimate of drug-likeness (QED) is 0.419. The van der Waals surface area contributed by atoms with Crippen molar-refractivity contribution < 1.29 is 19.1 Å². The van der Waals surface area contributed by atoms with Crippen LogP contribution in [0.2, 0.25) is 0 Å². The summed E-state index contributed by atoms with van der Waals surface area (Å²) in [5.41, 5.74) is 2.03. The van der Waals surface area contributed by atoms with Gasteiger partial charge < -0.3 is 10.1 Å². The zero-order chi connectivity index (χ0) is 21.9. The number of ketones is 1. The number of benzene rings is 1. The molecule has 1 aromatic carbocycles. The Labute approximate surface area is 182 Å². The molecule has 0 radical (unpaired) electrons. The Morgan fingerprint density at radius 3 is 2.40 bits per heavy atom. The van der Waals surface area contributed by atoms with Crippen LogP contribution in [0.25, 0.3) is 10.6 Å². The predicted molar refractivity (Wildman–Crippen MR) is 119 cm³/mol. The molecule has 0 spiro atoms. The Morgan fingerprint density at radius 2 is 1.80 bits per heavy atom. The highest BCUT2D eigenvalue weighted by Crippen LogP contribution is 2.29. The van der Waals surface area contributed by atoms with E-state index in [-0.39, 0.29) is 18.3 Å². The van der Waals surface area contributed by atoms with Crippen molar-refractivity contribution in [3.05, 3.63) is 57.2 Å². The van der Waals surface area contributed by atoms with Crippen molar-refractivity contribution in [3.8, 4) is 10.6 Å². The molecular formula is C22H22N2O4S2. The molecule has 0 atom stereocenters. The normalized spacial score (nSPS) is 11.2. The van der Waals surface area contributed by atoms with Gasteiger partial charge in [0, 0.05) is 27.6 Å². The monoisotopic (exact) mass is 442 g/mol. The molecule has 0 fully saturated rings. The van der Waals surface area contributed by atoms with Crippen molar-refractivity contribution in [2.45, 2.75) is 27.7 Å². The van der Waals surface area contributed by atoms with Crippen LogP contribution in [-0.2, 0) is 9.53 Å². The van der Waals surface area contributed by atoms with Gasteiger partial charge in [-0.3, -0.25) is 9.59 Å². The highest BCUT2D eigenvalue weighted by Gasteiger charge is 2.22. The summed E-state index contributed by atoms with van der Waals surface area (Å²) >= 11 is 2.81. The SMILES string of the molecule is Cc1nc(-c2ccsc2)sc1C(=O)OCC(=O)c1ccc(NC(=O)C(C)(C)C)cc1. The molecule has 2 heterocycles. The second-order valence-corrected chi connectivity index (χ2v) is 9.51. The topological polar surface area (TPSA) is 85.4 Å². The van der Waals surface area contributed by atoms with E-state index in [0.29, 0.717) is 21.8 Å². The number of thiophene rings is 1. The van der Waals surface area contributed by atoms with Crippen molar-refractivity contribution in [3.63, 3.8) is 0 Å². The maximum absolute atomic E-state index is 12.4. The molecule has 1 amide bonds. The molecule has 2 aromatic heterocycles. The van der Waals surface area contributed by atoms with Crippen LogP contribution in [0.5, 0.6) is 0 Å². The number of thiazole rings is 1. The Balaban J connectivity index is 1.59. The fourth-order valence-corrected chi connectivity index (χ4v) is 4.10. The number of hydrogen-bond acceptors (Lipinski definition) is 7. The number of carbonyl (C=O) groups excluding carboxylic acids is 3. The molecule has 1 N–H and O–H groups in total. The summed E-state index contributed by atoms with van der Waals surface area (Å²) in [6.45, 7) is 6.85. The average molecular weight is 443 g/mol. The third-order valence-electron chi connectivity index (χ3n) is 4.23. The van der Waals surface area contributed by atoms with Crippen molar-refractivity contribution in [1.82, 2.24) is 4.98 Å². The second-order valence-electron chi connectivity index (χ2n) is 7.73. The van der Waals surface area contributed by atoms with Gasteiger partial charge in [0.2, 0.25) is 5.91 Å². The average Bonchev–Trinajstić information content (AvgIpc) is 3.35. The third-order valence-corrected chi connectivity index (χ3v) is 6.10. The lowest BCUT2D eigenvalue weighted by atomic mass is 9.95. The van der Waals surface area contributed by atoms with E-state index >= 15 is 0 Å². The van der Waals surface area contributed by atoms with Crippen LogP contribution in [0.1, 0.15) is 46.5 Å². The number of anilines is 1. The Kier molecular flexibility index (Phi) is 6.48. The molecule has 156 valence electrons. The number of rotatable bonds is 6. The Hall–Kier alpha value is -2.84. The van der Waals surface area contributed by atoms with Crippen LogP contribution in [0, 0.1) is 12.3 Å². The van der Waals surface area contributed by atoms with Crippen LogP contribution in [0.15, 0.2) is 41.1 Å². The lowest BCUT2D eigenvalue weighted by molar-refractivity contribution is -0.123. The van der Waals surface area contributed by atoms with Crippen molar-refractivity contribution >= 4 is 46.0 Å². The zero-order valence-electron chi connectivity index (χ0n) is 17.1. The number of Topliss-reactive ketones (excluding diaryl/α,β-unsaturated/α-hetero) is 1. The number of nitrogens with one attached hydrogen (secondary N) is 1. The van der Waals surface area contributed by atoms with Gasteiger partial charge in [-0.2, -0.15) is 11.3 Å². The lowest BCUT2D eigenvalue weighted by Crippen LogP contribution is -2.27. The van der Waals surface area contributed by atoms with Crippen molar-refractivity contribution in [2.75, 3.05) is 11.9 Å². The maximum Gasteiger partial charge on any atom is 0.350 e. The maximum atomic E-state index is 12.4. The van der Waals surface area contributed by atoms with Gasteiger partial charge in [-0.15, -0.1) is 11.3 Å². The standard InChI is InChI=1S/C22H22N2O4S2/c1-13-18(30-19(23-13)15-9-10-29-12-15)20(26)28-11-17(25)14-5-7-16(8-6-14)24-21(27)22(2,3)4/h5-10,12H,11H2,1-4H3,(H,24,27). The summed E-state index contributed by atoms with van der Waals surface area (Å²) in [5.74, 6) is -0.997. The summed E-state index contributed by atoms with van der Waals surface area (Å²) < 4.78 is 5.21. The molecule has 3 aromatic rings. The third kappa shape index (κ3) is 5.20. The largest absolute Gasteiger partial charge is 0.453 e. The number of nitrogens with zero attached hydrogens (tertiary/aromatic N) is 1. The summed E-state index contributed by atoms with van der Waals surface area (Å²) in [6, 6.07) is 8.44. The molecule has 6 nitrogen and oxygen atoms in total. The Bertz CT molecular complexity index is 1060. The summed E-state index contributed by atoms with van der Waals surface area (Å²) in [7, 11) is 0. The summed E-state index contributed by atoms with van der Waals surface area (Å²) in [4.78, 5) is 41.6. The zero-order valence-corrected chi connectivity index (χ0v) is 18.8. The van der Waals surface area contributed by atoms with E-state index in [1.165, 1.54) is 11.3 Å². The summed E-state index contributed by atoms with van der Waals surface area (Å²) in [6.07, 6.45) is 0. The van der Waals surface area contributed by atoms with Crippen molar-refractivity contribution in [1.29, 1.82) is 0 Å². The van der Waals surface area contributed by atoms with E-state index in [2.05, 4.69) is 10.3 Å². The fraction of sp³-hybridized carbons (Fsp3) is 0.273. The summed E-state index contributed by atoms with van der Waals surface area (Å²) in [5, 5.41) is 7.46. The van der Waals surface area contributed by atoms with Gasteiger partial charge in [-0.05, 0) is 42.6 Å². The van der Waals surface area contributed by atoms with Gasteiger partial charge in [-0.25, -0.2) is 9.78 Å². The second kappa shape index (κ2) is 8.89. The van der Waals surface area contributed by atoms with Gasteiger partial charge in [0.15, 0.2) is 12.4 Å². The molecule has 0 aliphatic heterocycles. The molecule has 0 aliphatic rings. The number of hydrogen-bond donors (Lipinski definition) is 1. The first-order valence-corrected chi connectivity index (χ1v) is 11.0. The molecule has 3 rings (SSSR count). The van der Waals surface area contributed by atoms with E-state index in [1.807, 2.05) is 37.6 Å². The molecule has 30 heavy (non-hydrogen) atoms. The molecule has 0 saturated carbocycles. The minimum atomic E-state index is -0.561. The van der Waals surface area contributed by atoms with Gasteiger partial charge in [-0.1, -0.05) is 20.8 Å². The number of ether oxygens (including phenoxy) is 1. The molecule has 0 bridgehead atoms. The van der Waals surface area contributed by atoms with E-state index in [4.69, 9.17) is 4.74 Å². The van der Waals surface area contributed by atoms with E-state index < -0.39 is 11.4 Å². The predicted octanol–water partition coefficient (Wildman–Crippen LogP) is 5.20. The smallest absolute Gasteiger partial charge is 0.350 e. The number of aryl methyl sites for hydroxylation is 1. The molecule has 0 aliphatic carbocycles. The first-order chi connectivity index (χ1) is 14.1. The van der Waals surface area contributed by atoms with Crippen LogP contribution in [0.3, 0.4) is 0 Å². The number of carbonyl (C=O) groups is 3. The Morgan fingerprint density at radius 1 is 1.10 bits per heavy atom. The van der Waals surface area contributed by atoms with E-state index in [9.17, 15) is 14.4 Å². The van der Waals surface area contributed by atoms with Crippen LogP contribution in [-0.4, -0.2) is 29.3 Å². The first kappa shape index (κ1) is 21.9. The minimum absolute atomic E-state index is 0.114. The molecule has 0 unspecified atom stereocenters. The van der Waals surface area contributed by atoms with Crippen LogP contribution >= 0.6 is 22.7 Å². The molecule has 8 heteroatoms. The van der Waals surface area contributed by atoms with Crippen LogP contribution < -0.4 is 5.32 Å². The number of amides is 1. The number of esters is 1. The van der Waals surface area contributed by atoms with Crippen molar-refractivity contribution in [2.24, 2.45) is 5.41 Å².